The molecule has 5 N–H and O–H groups in total. The van der Waals surface area contributed by atoms with E-state index in [1.165, 1.54) is 18.2 Å². The van der Waals surface area contributed by atoms with Crippen molar-refractivity contribution in [2.75, 3.05) is 5.73 Å². The van der Waals surface area contributed by atoms with Gasteiger partial charge in [-0.15, -0.1) is 0 Å². The maximum atomic E-state index is 13.1. The average Bonchev–Trinajstić information content (AvgIpc) is 2.41. The van der Waals surface area contributed by atoms with E-state index in [-0.39, 0.29) is 5.02 Å². The SMILES string of the molecule is NNC(=Nc1ccc(F)c(Cl)c1)c1ccccc1N. The molecule has 0 fully saturated rings. The maximum absolute atomic E-state index is 13.1. The van der Waals surface area contributed by atoms with Crippen molar-refractivity contribution in [3.63, 3.8) is 0 Å². The van der Waals surface area contributed by atoms with E-state index in [4.69, 9.17) is 23.2 Å². The molecule has 0 aliphatic heterocycles. The van der Waals surface area contributed by atoms with E-state index < -0.39 is 5.82 Å². The number of hydrogen-bond acceptors (Lipinski definition) is 3. The summed E-state index contributed by atoms with van der Waals surface area (Å²) in [6.45, 7) is 0. The number of amidine groups is 1. The number of nitrogens with one attached hydrogen (secondary N) is 1. The van der Waals surface area contributed by atoms with Gasteiger partial charge in [0.25, 0.3) is 0 Å². The summed E-state index contributed by atoms with van der Waals surface area (Å²) in [6, 6.07) is 11.3. The third-order valence-corrected chi connectivity index (χ3v) is 2.79. The number of aliphatic imine (C=N–C) groups is 1. The monoisotopic (exact) mass is 278 g/mol. The van der Waals surface area contributed by atoms with Gasteiger partial charge in [0.05, 0.1) is 10.7 Å². The molecular formula is C13H12ClFN4. The molecule has 0 atom stereocenters. The van der Waals surface area contributed by atoms with Crippen LogP contribution >= 0.6 is 11.6 Å². The van der Waals surface area contributed by atoms with Crippen LogP contribution in [-0.4, -0.2) is 5.84 Å². The van der Waals surface area contributed by atoms with E-state index in [1.807, 2.05) is 12.1 Å². The Morgan fingerprint density at radius 2 is 1.95 bits per heavy atom. The van der Waals surface area contributed by atoms with E-state index in [0.717, 1.165) is 0 Å². The van der Waals surface area contributed by atoms with Gasteiger partial charge in [0.2, 0.25) is 0 Å². The smallest absolute Gasteiger partial charge is 0.150 e. The summed E-state index contributed by atoms with van der Waals surface area (Å²) in [5.74, 6) is 5.32. The second kappa shape index (κ2) is 5.69. The van der Waals surface area contributed by atoms with Gasteiger partial charge in [0.15, 0.2) is 0 Å². The zero-order chi connectivity index (χ0) is 13.8. The number of nitrogens with two attached hydrogens (primary N) is 2. The van der Waals surface area contributed by atoms with Gasteiger partial charge in [-0.05, 0) is 30.3 Å². The minimum absolute atomic E-state index is 0.00125. The molecule has 0 bridgehead atoms. The number of hydrazine groups is 1. The Morgan fingerprint density at radius 1 is 1.21 bits per heavy atom. The Hall–Kier alpha value is -2.11. The number of rotatable bonds is 2. The molecule has 0 saturated heterocycles. The first kappa shape index (κ1) is 13.3. The number of hydrogen-bond donors (Lipinski definition) is 3. The maximum Gasteiger partial charge on any atom is 0.150 e. The van der Waals surface area contributed by atoms with Crippen LogP contribution in [0.15, 0.2) is 47.5 Å². The standard InChI is InChI=1S/C13H12ClFN4/c14-10-7-8(5-6-11(10)15)18-13(19-17)9-3-1-2-4-12(9)16/h1-7H,16-17H2,(H,18,19). The molecule has 0 heterocycles. The number of para-hydroxylation sites is 1. The van der Waals surface area contributed by atoms with E-state index in [2.05, 4.69) is 10.4 Å². The van der Waals surface area contributed by atoms with Crippen molar-refractivity contribution in [1.29, 1.82) is 0 Å². The molecular weight excluding hydrogens is 267 g/mol. The van der Waals surface area contributed by atoms with Crippen LogP contribution in [0.5, 0.6) is 0 Å². The molecule has 0 unspecified atom stereocenters. The fraction of sp³-hybridized carbons (Fsp3) is 0. The first-order chi connectivity index (χ1) is 9.11. The number of anilines is 1. The van der Waals surface area contributed by atoms with Crippen LogP contribution in [0.3, 0.4) is 0 Å². The van der Waals surface area contributed by atoms with Gasteiger partial charge in [-0.1, -0.05) is 23.7 Å². The van der Waals surface area contributed by atoms with Crippen LogP contribution in [-0.2, 0) is 0 Å². The van der Waals surface area contributed by atoms with Gasteiger partial charge >= 0.3 is 0 Å². The summed E-state index contributed by atoms with van der Waals surface area (Å²) in [7, 11) is 0. The van der Waals surface area contributed by atoms with Gasteiger partial charge in [0.1, 0.15) is 11.7 Å². The molecule has 0 radical (unpaired) electrons. The molecule has 6 heteroatoms. The molecule has 4 nitrogen and oxygen atoms in total. The van der Waals surface area contributed by atoms with Gasteiger partial charge in [0, 0.05) is 11.3 Å². The summed E-state index contributed by atoms with van der Waals surface area (Å²) in [6.07, 6.45) is 0. The lowest BCUT2D eigenvalue weighted by Gasteiger charge is -2.08. The van der Waals surface area contributed by atoms with Crippen LogP contribution in [0.4, 0.5) is 15.8 Å². The summed E-state index contributed by atoms with van der Waals surface area (Å²) in [4.78, 5) is 4.26. The second-order valence-corrected chi connectivity index (χ2v) is 4.20. The first-order valence-electron chi connectivity index (χ1n) is 5.47. The number of benzene rings is 2. The Kier molecular flexibility index (Phi) is 3.99. The van der Waals surface area contributed by atoms with E-state index in [1.54, 1.807) is 12.1 Å². The van der Waals surface area contributed by atoms with Crippen molar-refractivity contribution >= 4 is 28.8 Å². The van der Waals surface area contributed by atoms with Crippen LogP contribution in [0, 0.1) is 5.82 Å². The van der Waals surface area contributed by atoms with Gasteiger partial charge < -0.3 is 11.2 Å². The van der Waals surface area contributed by atoms with Crippen LogP contribution in [0.25, 0.3) is 0 Å². The number of nitrogen functional groups attached to an aromatic ring is 1. The van der Waals surface area contributed by atoms with Crippen molar-refractivity contribution in [1.82, 2.24) is 5.43 Å². The van der Waals surface area contributed by atoms with Crippen molar-refractivity contribution in [3.05, 3.63) is 58.9 Å². The lowest BCUT2D eigenvalue weighted by molar-refractivity contribution is 0.628. The molecule has 0 amide bonds. The molecule has 0 aromatic heterocycles. The highest BCUT2D eigenvalue weighted by Gasteiger charge is 2.06. The first-order valence-corrected chi connectivity index (χ1v) is 5.85. The van der Waals surface area contributed by atoms with E-state index >= 15 is 0 Å². The fourth-order valence-corrected chi connectivity index (χ4v) is 1.74. The summed E-state index contributed by atoms with van der Waals surface area (Å²) < 4.78 is 13.1. The quantitative estimate of drug-likeness (QED) is 0.260. The summed E-state index contributed by atoms with van der Waals surface area (Å²) in [5.41, 5.74) is 9.98. The second-order valence-electron chi connectivity index (χ2n) is 3.79. The highest BCUT2D eigenvalue weighted by atomic mass is 35.5. The zero-order valence-electron chi connectivity index (χ0n) is 9.90. The van der Waals surface area contributed by atoms with E-state index in [9.17, 15) is 4.39 Å². The molecule has 2 aromatic carbocycles. The van der Waals surface area contributed by atoms with Crippen LogP contribution in [0.1, 0.15) is 5.56 Å². The largest absolute Gasteiger partial charge is 0.398 e. The topological polar surface area (TPSA) is 76.4 Å². The van der Waals surface area contributed by atoms with Crippen LogP contribution in [0.2, 0.25) is 5.02 Å². The molecule has 0 spiro atoms. The Balaban J connectivity index is 2.44. The van der Waals surface area contributed by atoms with Crippen LogP contribution < -0.4 is 17.0 Å². The number of nitrogens with zero attached hydrogens (tertiary/aromatic N) is 1. The van der Waals surface area contributed by atoms with Gasteiger partial charge in [-0.25, -0.2) is 15.2 Å². The third kappa shape index (κ3) is 3.01. The normalized spacial score (nSPS) is 11.4. The molecule has 2 aromatic rings. The fourth-order valence-electron chi connectivity index (χ4n) is 1.57. The molecule has 0 aliphatic carbocycles. The molecule has 0 aliphatic rings. The predicted molar refractivity (Wildman–Crippen MR) is 75.8 cm³/mol. The van der Waals surface area contributed by atoms with Crippen molar-refractivity contribution < 1.29 is 4.39 Å². The number of halogens is 2. The zero-order valence-corrected chi connectivity index (χ0v) is 10.7. The van der Waals surface area contributed by atoms with E-state index in [0.29, 0.717) is 22.8 Å². The Morgan fingerprint density at radius 3 is 2.58 bits per heavy atom. The minimum Gasteiger partial charge on any atom is -0.398 e. The van der Waals surface area contributed by atoms with Gasteiger partial charge in [-0.2, -0.15) is 0 Å². The lowest BCUT2D eigenvalue weighted by Crippen LogP contribution is -2.31. The molecule has 0 saturated carbocycles. The minimum atomic E-state index is -0.498. The predicted octanol–water partition coefficient (Wildman–Crippen LogP) is 2.60. The highest BCUT2D eigenvalue weighted by molar-refractivity contribution is 6.31. The summed E-state index contributed by atoms with van der Waals surface area (Å²) >= 11 is 5.70. The lowest BCUT2D eigenvalue weighted by atomic mass is 10.1. The molecule has 2 rings (SSSR count). The van der Waals surface area contributed by atoms with Crippen molar-refractivity contribution in [2.24, 2.45) is 10.8 Å². The van der Waals surface area contributed by atoms with Gasteiger partial charge in [-0.3, -0.25) is 0 Å². The Labute approximate surface area is 114 Å². The molecule has 19 heavy (non-hydrogen) atoms. The molecule has 98 valence electrons. The summed E-state index contributed by atoms with van der Waals surface area (Å²) in [5, 5.41) is -0.00125. The third-order valence-electron chi connectivity index (χ3n) is 2.50. The van der Waals surface area contributed by atoms with Crippen molar-refractivity contribution in [2.45, 2.75) is 0 Å². The average molecular weight is 279 g/mol. The highest BCUT2D eigenvalue weighted by Crippen LogP contribution is 2.22. The Bertz CT molecular complexity index is 628. The van der Waals surface area contributed by atoms with Crippen molar-refractivity contribution in [3.8, 4) is 0 Å².